The Morgan fingerprint density at radius 1 is 1.44 bits per heavy atom. The van der Waals surface area contributed by atoms with E-state index in [0.29, 0.717) is 18.7 Å². The van der Waals surface area contributed by atoms with Gasteiger partial charge in [0.25, 0.3) is 0 Å². The van der Waals surface area contributed by atoms with Crippen LogP contribution >= 0.6 is 0 Å². The molecular formula is C12H17NO3. The molecule has 0 heterocycles. The van der Waals surface area contributed by atoms with Gasteiger partial charge in [0, 0.05) is 13.2 Å². The van der Waals surface area contributed by atoms with E-state index < -0.39 is 6.09 Å². The van der Waals surface area contributed by atoms with Gasteiger partial charge >= 0.3 is 6.09 Å². The second kappa shape index (κ2) is 6.12. The second-order valence-electron chi connectivity index (χ2n) is 3.66. The molecule has 0 aliphatic rings. The lowest BCUT2D eigenvalue weighted by Gasteiger charge is -2.08. The van der Waals surface area contributed by atoms with E-state index in [4.69, 9.17) is 9.84 Å². The summed E-state index contributed by atoms with van der Waals surface area (Å²) < 4.78 is 5.12. The van der Waals surface area contributed by atoms with E-state index in [-0.39, 0.29) is 6.61 Å². The van der Waals surface area contributed by atoms with E-state index in [2.05, 4.69) is 5.32 Å². The van der Waals surface area contributed by atoms with Crippen LogP contribution in [0.2, 0.25) is 0 Å². The van der Waals surface area contributed by atoms with E-state index in [1.165, 1.54) is 0 Å². The van der Waals surface area contributed by atoms with Crippen LogP contribution in [0.25, 0.3) is 0 Å². The van der Waals surface area contributed by atoms with Gasteiger partial charge in [-0.1, -0.05) is 17.7 Å². The molecule has 88 valence electrons. The van der Waals surface area contributed by atoms with Gasteiger partial charge in [0.05, 0.1) is 0 Å². The summed E-state index contributed by atoms with van der Waals surface area (Å²) in [6, 6.07) is 5.62. The molecule has 0 spiro atoms. The summed E-state index contributed by atoms with van der Waals surface area (Å²) in [5.74, 6) is 0.562. The summed E-state index contributed by atoms with van der Waals surface area (Å²) in [5, 5.41) is 11.1. The predicted molar refractivity (Wildman–Crippen MR) is 61.6 cm³/mol. The van der Waals surface area contributed by atoms with Gasteiger partial charge in [0.1, 0.15) is 5.75 Å². The van der Waals surface area contributed by atoms with Gasteiger partial charge in [-0.3, -0.25) is 0 Å². The Kier molecular flexibility index (Phi) is 4.79. The van der Waals surface area contributed by atoms with Crippen molar-refractivity contribution in [3.05, 3.63) is 29.3 Å². The number of aliphatic hydroxyl groups excluding tert-OH is 1. The molecule has 1 aromatic rings. The van der Waals surface area contributed by atoms with Crippen molar-refractivity contribution >= 4 is 6.09 Å². The summed E-state index contributed by atoms with van der Waals surface area (Å²) in [6.07, 6.45) is 0.0440. The number of rotatable bonds is 4. The Morgan fingerprint density at radius 2 is 2.19 bits per heavy atom. The number of carbonyl (C=O) groups is 1. The Bertz CT molecular complexity index is 363. The zero-order valence-corrected chi connectivity index (χ0v) is 9.62. The first kappa shape index (κ1) is 12.5. The third-order valence-corrected chi connectivity index (χ3v) is 2.14. The van der Waals surface area contributed by atoms with Crippen LogP contribution in [-0.4, -0.2) is 24.4 Å². The molecule has 0 saturated heterocycles. The van der Waals surface area contributed by atoms with Crippen LogP contribution in [-0.2, 0) is 0 Å². The molecule has 1 aromatic carbocycles. The maximum atomic E-state index is 11.3. The average Bonchev–Trinajstić information content (AvgIpc) is 2.23. The van der Waals surface area contributed by atoms with Crippen LogP contribution < -0.4 is 10.1 Å². The van der Waals surface area contributed by atoms with Gasteiger partial charge in [0.2, 0.25) is 0 Å². The molecule has 0 bridgehead atoms. The fourth-order valence-electron chi connectivity index (χ4n) is 1.32. The first-order valence-electron chi connectivity index (χ1n) is 5.27. The largest absolute Gasteiger partial charge is 0.412 e. The minimum Gasteiger partial charge on any atom is -0.410 e. The van der Waals surface area contributed by atoms with Crippen LogP contribution in [0.4, 0.5) is 4.79 Å². The van der Waals surface area contributed by atoms with Crippen molar-refractivity contribution in [2.45, 2.75) is 20.3 Å². The minimum atomic E-state index is -0.486. The number of amides is 1. The topological polar surface area (TPSA) is 58.6 Å². The number of hydrogen-bond donors (Lipinski definition) is 2. The molecule has 0 fully saturated rings. The Balaban J connectivity index is 2.49. The fourth-order valence-corrected chi connectivity index (χ4v) is 1.32. The molecule has 0 saturated carbocycles. The fraction of sp³-hybridized carbons (Fsp3) is 0.417. The maximum Gasteiger partial charge on any atom is 0.412 e. The number of hydrogen-bond acceptors (Lipinski definition) is 3. The highest BCUT2D eigenvalue weighted by Crippen LogP contribution is 2.18. The van der Waals surface area contributed by atoms with Crippen molar-refractivity contribution in [3.8, 4) is 5.75 Å². The molecule has 0 aliphatic heterocycles. The molecule has 2 N–H and O–H groups in total. The van der Waals surface area contributed by atoms with Gasteiger partial charge < -0.3 is 15.2 Å². The van der Waals surface area contributed by atoms with Crippen molar-refractivity contribution in [1.82, 2.24) is 5.32 Å². The summed E-state index contributed by atoms with van der Waals surface area (Å²) in [7, 11) is 0. The number of nitrogens with one attached hydrogen (secondary N) is 1. The van der Waals surface area contributed by atoms with E-state index >= 15 is 0 Å². The van der Waals surface area contributed by atoms with E-state index in [1.54, 1.807) is 6.07 Å². The van der Waals surface area contributed by atoms with E-state index in [0.717, 1.165) is 11.1 Å². The summed E-state index contributed by atoms with van der Waals surface area (Å²) in [5.41, 5.74) is 2.06. The first-order valence-corrected chi connectivity index (χ1v) is 5.27. The first-order chi connectivity index (χ1) is 7.63. The van der Waals surface area contributed by atoms with Gasteiger partial charge in [0.15, 0.2) is 0 Å². The van der Waals surface area contributed by atoms with Crippen molar-refractivity contribution in [2.24, 2.45) is 0 Å². The third kappa shape index (κ3) is 3.90. The van der Waals surface area contributed by atoms with Crippen LogP contribution in [0.5, 0.6) is 5.75 Å². The molecule has 0 aliphatic carbocycles. The molecule has 0 atom stereocenters. The molecule has 1 rings (SSSR count). The Labute approximate surface area is 95.2 Å². The third-order valence-electron chi connectivity index (χ3n) is 2.14. The zero-order chi connectivity index (χ0) is 12.0. The standard InChI is InChI=1S/C12H17NO3/c1-9-4-5-11(10(2)8-9)16-12(15)13-6-3-7-14/h4-5,8,14H,3,6-7H2,1-2H3,(H,13,15). The summed E-state index contributed by atoms with van der Waals surface area (Å²) >= 11 is 0. The van der Waals surface area contributed by atoms with Crippen LogP contribution in [0.15, 0.2) is 18.2 Å². The minimum absolute atomic E-state index is 0.0594. The number of carbonyl (C=O) groups excluding carboxylic acids is 1. The Hall–Kier alpha value is -1.55. The quantitative estimate of drug-likeness (QED) is 0.765. The van der Waals surface area contributed by atoms with Crippen LogP contribution in [0.1, 0.15) is 17.5 Å². The summed E-state index contributed by atoms with van der Waals surface area (Å²) in [6.45, 7) is 4.35. The lowest BCUT2D eigenvalue weighted by molar-refractivity contribution is 0.198. The number of aryl methyl sites for hydroxylation is 2. The average molecular weight is 223 g/mol. The highest BCUT2D eigenvalue weighted by molar-refractivity contribution is 5.70. The smallest absolute Gasteiger partial charge is 0.410 e. The molecule has 4 heteroatoms. The van der Waals surface area contributed by atoms with Crippen LogP contribution in [0, 0.1) is 13.8 Å². The molecule has 0 aromatic heterocycles. The number of aliphatic hydroxyl groups is 1. The number of ether oxygens (including phenoxy) is 1. The monoisotopic (exact) mass is 223 g/mol. The van der Waals surface area contributed by atoms with Crippen LogP contribution in [0.3, 0.4) is 0 Å². The lowest BCUT2D eigenvalue weighted by Crippen LogP contribution is -2.28. The van der Waals surface area contributed by atoms with Gasteiger partial charge in [-0.05, 0) is 31.9 Å². The van der Waals surface area contributed by atoms with Crippen molar-refractivity contribution in [1.29, 1.82) is 0 Å². The van der Waals surface area contributed by atoms with E-state index in [9.17, 15) is 4.79 Å². The van der Waals surface area contributed by atoms with Crippen molar-refractivity contribution in [2.75, 3.05) is 13.2 Å². The molecule has 16 heavy (non-hydrogen) atoms. The Morgan fingerprint density at radius 3 is 2.81 bits per heavy atom. The lowest BCUT2D eigenvalue weighted by atomic mass is 10.1. The second-order valence-corrected chi connectivity index (χ2v) is 3.66. The molecule has 0 unspecified atom stereocenters. The highest BCUT2D eigenvalue weighted by atomic mass is 16.6. The molecule has 1 amide bonds. The number of benzene rings is 1. The molecule has 0 radical (unpaired) electrons. The van der Waals surface area contributed by atoms with Crippen molar-refractivity contribution in [3.63, 3.8) is 0 Å². The SMILES string of the molecule is Cc1ccc(OC(=O)NCCCO)c(C)c1. The van der Waals surface area contributed by atoms with E-state index in [1.807, 2.05) is 26.0 Å². The van der Waals surface area contributed by atoms with Crippen molar-refractivity contribution < 1.29 is 14.6 Å². The highest BCUT2D eigenvalue weighted by Gasteiger charge is 2.05. The zero-order valence-electron chi connectivity index (χ0n) is 9.62. The van der Waals surface area contributed by atoms with Gasteiger partial charge in [-0.15, -0.1) is 0 Å². The molecular weight excluding hydrogens is 206 g/mol. The predicted octanol–water partition coefficient (Wildman–Crippen LogP) is 1.77. The maximum absolute atomic E-state index is 11.3. The normalized spacial score (nSPS) is 9.94. The summed E-state index contributed by atoms with van der Waals surface area (Å²) in [4.78, 5) is 11.3. The van der Waals surface area contributed by atoms with Gasteiger partial charge in [-0.25, -0.2) is 4.79 Å². The molecule has 4 nitrogen and oxygen atoms in total. The van der Waals surface area contributed by atoms with Gasteiger partial charge in [-0.2, -0.15) is 0 Å².